The number of nitriles is 1. The molecule has 8 nitrogen and oxygen atoms in total. The highest BCUT2D eigenvalue weighted by Crippen LogP contribution is 2.38. The summed E-state index contributed by atoms with van der Waals surface area (Å²) in [6, 6.07) is 29.7. The number of hydrogen-bond donors (Lipinski definition) is 0. The van der Waals surface area contributed by atoms with Crippen molar-refractivity contribution < 1.29 is 19.0 Å². The van der Waals surface area contributed by atoms with E-state index in [1.807, 2.05) is 72.8 Å². The van der Waals surface area contributed by atoms with E-state index in [0.717, 1.165) is 22.3 Å². The first-order valence-electron chi connectivity index (χ1n) is 16.1. The van der Waals surface area contributed by atoms with Crippen LogP contribution in [0.4, 0.5) is 0 Å². The van der Waals surface area contributed by atoms with Gasteiger partial charge in [-0.05, 0) is 81.4 Å². The molecule has 0 N–H and O–H groups in total. The number of carbonyl (C=O) groups excluding carboxylic acids is 1. The van der Waals surface area contributed by atoms with E-state index in [-0.39, 0.29) is 18.8 Å². The maximum absolute atomic E-state index is 14.4. The van der Waals surface area contributed by atoms with Crippen LogP contribution < -0.4 is 24.4 Å². The van der Waals surface area contributed by atoms with Crippen molar-refractivity contribution in [3.8, 4) is 17.6 Å². The minimum absolute atomic E-state index is 0.178. The maximum Gasteiger partial charge on any atom is 0.338 e. The molecule has 1 atom stereocenters. The number of halogens is 1. The van der Waals surface area contributed by atoms with Gasteiger partial charge < -0.3 is 14.2 Å². The quantitative estimate of drug-likeness (QED) is 0.139. The Morgan fingerprint density at radius 3 is 2.42 bits per heavy atom. The number of benzene rings is 4. The van der Waals surface area contributed by atoms with Crippen LogP contribution >= 0.6 is 27.3 Å². The van der Waals surface area contributed by atoms with Crippen molar-refractivity contribution in [1.29, 1.82) is 5.26 Å². The molecule has 50 heavy (non-hydrogen) atoms. The second kappa shape index (κ2) is 15.1. The van der Waals surface area contributed by atoms with Crippen LogP contribution in [0.3, 0.4) is 0 Å². The van der Waals surface area contributed by atoms with Gasteiger partial charge in [0.2, 0.25) is 0 Å². The molecule has 0 aliphatic carbocycles. The molecule has 2 heterocycles. The number of ether oxygens (including phenoxy) is 3. The van der Waals surface area contributed by atoms with Gasteiger partial charge in [0.05, 0.1) is 51.7 Å². The van der Waals surface area contributed by atoms with E-state index in [0.29, 0.717) is 53.6 Å². The lowest BCUT2D eigenvalue weighted by molar-refractivity contribution is -0.138. The van der Waals surface area contributed by atoms with Gasteiger partial charge in [-0.1, -0.05) is 91.9 Å². The Hall–Kier alpha value is -5.24. The summed E-state index contributed by atoms with van der Waals surface area (Å²) < 4.78 is 20.1. The molecule has 5 aromatic rings. The second-order valence-electron chi connectivity index (χ2n) is 11.9. The van der Waals surface area contributed by atoms with Gasteiger partial charge in [-0.25, -0.2) is 9.79 Å². The van der Waals surface area contributed by atoms with E-state index >= 15 is 0 Å². The van der Waals surface area contributed by atoms with Gasteiger partial charge in [0.25, 0.3) is 5.56 Å². The summed E-state index contributed by atoms with van der Waals surface area (Å²) in [5.74, 6) is 0.778. The number of hydrogen-bond acceptors (Lipinski definition) is 8. The third-order valence-electron chi connectivity index (χ3n) is 8.31. The monoisotopic (exact) mass is 747 g/mol. The van der Waals surface area contributed by atoms with Crippen molar-refractivity contribution >= 4 is 45.0 Å². The number of aromatic nitrogens is 1. The fourth-order valence-corrected chi connectivity index (χ4v) is 7.34. The van der Waals surface area contributed by atoms with E-state index < -0.39 is 12.0 Å². The molecule has 252 valence electrons. The first-order valence-corrected chi connectivity index (χ1v) is 17.7. The van der Waals surface area contributed by atoms with Gasteiger partial charge in [-0.15, -0.1) is 0 Å². The Labute approximate surface area is 302 Å². The van der Waals surface area contributed by atoms with Crippen molar-refractivity contribution in [2.24, 2.45) is 4.99 Å². The maximum atomic E-state index is 14.4. The molecule has 0 amide bonds. The molecule has 0 spiro atoms. The zero-order valence-corrected chi connectivity index (χ0v) is 30.4. The minimum atomic E-state index is -0.761. The van der Waals surface area contributed by atoms with Crippen LogP contribution in [0.15, 0.2) is 111 Å². The van der Waals surface area contributed by atoms with E-state index in [4.69, 9.17) is 24.5 Å². The van der Waals surface area contributed by atoms with Gasteiger partial charge in [-0.2, -0.15) is 5.26 Å². The van der Waals surface area contributed by atoms with Crippen LogP contribution in [0.25, 0.3) is 11.8 Å². The summed E-state index contributed by atoms with van der Waals surface area (Å²) in [5.41, 5.74) is 5.36. The standard InChI is InChI=1S/C40H34BrN3O5S/c1-5-48-39(46)34-35(29-9-7-6-8-10-29)43-40-44(36(34)30-17-15-28(16-18-30)24(2)3)38(45)33(50-40)21-27-19-31(41)37(32(20-27)47-4)49-23-26-13-11-25(22-42)12-14-26/h6-21,24,36H,5,23H2,1-4H3/b33-21-/t36-/m0/s1. The first-order chi connectivity index (χ1) is 24.2. The number of esters is 1. The molecule has 0 saturated carbocycles. The summed E-state index contributed by atoms with van der Waals surface area (Å²) in [7, 11) is 1.56. The van der Waals surface area contributed by atoms with Crippen molar-refractivity contribution in [2.45, 2.75) is 39.3 Å². The third-order valence-corrected chi connectivity index (χ3v) is 9.88. The predicted octanol–water partition coefficient (Wildman–Crippen LogP) is 7.28. The summed E-state index contributed by atoms with van der Waals surface area (Å²) in [4.78, 5) is 33.6. The van der Waals surface area contributed by atoms with Gasteiger partial charge in [-0.3, -0.25) is 9.36 Å². The van der Waals surface area contributed by atoms with E-state index in [2.05, 4.69) is 35.8 Å². The molecular formula is C40H34BrN3O5S. The molecular weight excluding hydrogens is 714 g/mol. The fourth-order valence-electron chi connectivity index (χ4n) is 5.76. The Bertz CT molecular complexity index is 2300. The van der Waals surface area contributed by atoms with E-state index in [1.165, 1.54) is 11.3 Å². The molecule has 0 unspecified atom stereocenters. The molecule has 6 rings (SSSR count). The molecule has 4 aromatic carbocycles. The number of methoxy groups -OCH3 is 1. The van der Waals surface area contributed by atoms with E-state index in [1.54, 1.807) is 42.9 Å². The molecule has 0 bridgehead atoms. The van der Waals surface area contributed by atoms with E-state index in [9.17, 15) is 9.59 Å². The highest BCUT2D eigenvalue weighted by atomic mass is 79.9. The van der Waals surface area contributed by atoms with Crippen LogP contribution in [0, 0.1) is 11.3 Å². The SMILES string of the molecule is CCOC(=O)C1=C(c2ccccc2)N=c2s/c(=C\c3cc(Br)c(OCc4ccc(C#N)cc4)c(OC)c3)c(=O)n2[C@H]1c1ccc(C(C)C)cc1. The molecule has 1 aliphatic heterocycles. The molecule has 10 heteroatoms. The lowest BCUT2D eigenvalue weighted by Gasteiger charge is -2.26. The van der Waals surface area contributed by atoms with Crippen LogP contribution in [-0.2, 0) is 16.1 Å². The largest absolute Gasteiger partial charge is 0.493 e. The van der Waals surface area contributed by atoms with Crippen molar-refractivity contribution in [3.05, 3.63) is 154 Å². The van der Waals surface area contributed by atoms with Crippen molar-refractivity contribution in [2.75, 3.05) is 13.7 Å². The number of thiazole rings is 1. The molecule has 1 aromatic heterocycles. The number of carbonyl (C=O) groups is 1. The van der Waals surface area contributed by atoms with Gasteiger partial charge in [0, 0.05) is 5.56 Å². The zero-order chi connectivity index (χ0) is 35.4. The van der Waals surface area contributed by atoms with Gasteiger partial charge in [0.1, 0.15) is 6.61 Å². The number of fused-ring (bicyclic) bond motifs is 1. The van der Waals surface area contributed by atoms with Crippen LogP contribution in [0.2, 0.25) is 0 Å². The first kappa shape index (κ1) is 34.6. The molecule has 0 fully saturated rings. The van der Waals surface area contributed by atoms with Crippen LogP contribution in [0.1, 0.15) is 66.1 Å². The highest BCUT2D eigenvalue weighted by molar-refractivity contribution is 9.10. The zero-order valence-electron chi connectivity index (χ0n) is 28.0. The van der Waals surface area contributed by atoms with Crippen molar-refractivity contribution in [3.63, 3.8) is 0 Å². The minimum Gasteiger partial charge on any atom is -0.493 e. The third kappa shape index (κ3) is 7.06. The molecule has 0 radical (unpaired) electrons. The van der Waals surface area contributed by atoms with Crippen molar-refractivity contribution in [1.82, 2.24) is 4.57 Å². The lowest BCUT2D eigenvalue weighted by Crippen LogP contribution is -2.40. The fraction of sp³-hybridized carbons (Fsp3) is 0.200. The summed E-state index contributed by atoms with van der Waals surface area (Å²) in [5, 5.41) is 9.09. The lowest BCUT2D eigenvalue weighted by atomic mass is 9.91. The summed E-state index contributed by atoms with van der Waals surface area (Å²) >= 11 is 4.88. The predicted molar refractivity (Wildman–Crippen MR) is 198 cm³/mol. The normalized spacial score (nSPS) is 14.2. The second-order valence-corrected chi connectivity index (χ2v) is 13.7. The Morgan fingerprint density at radius 1 is 1.06 bits per heavy atom. The Kier molecular flexibility index (Phi) is 10.5. The topological polar surface area (TPSA) is 103 Å². The number of nitrogens with zero attached hydrogens (tertiary/aromatic N) is 3. The molecule has 0 saturated heterocycles. The molecule has 1 aliphatic rings. The van der Waals surface area contributed by atoms with Gasteiger partial charge >= 0.3 is 5.97 Å². The highest BCUT2D eigenvalue weighted by Gasteiger charge is 2.35. The van der Waals surface area contributed by atoms with Crippen LogP contribution in [0.5, 0.6) is 11.5 Å². The smallest absolute Gasteiger partial charge is 0.338 e. The summed E-state index contributed by atoms with van der Waals surface area (Å²) in [6.45, 7) is 6.45. The Balaban J connectivity index is 1.47. The average Bonchev–Trinajstić information content (AvgIpc) is 3.44. The van der Waals surface area contributed by atoms with Gasteiger partial charge in [0.15, 0.2) is 16.3 Å². The average molecular weight is 749 g/mol. The Morgan fingerprint density at radius 2 is 1.78 bits per heavy atom. The van der Waals surface area contributed by atoms with Crippen LogP contribution in [-0.4, -0.2) is 24.3 Å². The summed E-state index contributed by atoms with van der Waals surface area (Å²) in [6.07, 6.45) is 1.79. The number of rotatable bonds is 10.